The minimum Gasteiger partial charge on any atom is -0.412 e. The Balaban J connectivity index is -0.000000461. The van der Waals surface area contributed by atoms with Gasteiger partial charge in [-0.25, -0.2) is 0 Å². The summed E-state index contributed by atoms with van der Waals surface area (Å²) in [7, 11) is 0. The summed E-state index contributed by atoms with van der Waals surface area (Å²) in [4.78, 5) is 41.5. The number of nitrogens with zero attached hydrogens (tertiary/aromatic N) is 2. The number of halogens is 2. The third-order valence-corrected chi connectivity index (χ3v) is 4.02. The summed E-state index contributed by atoms with van der Waals surface area (Å²) >= 11 is 0. The minimum atomic E-state index is -0.505. The van der Waals surface area contributed by atoms with E-state index in [1.807, 2.05) is 0 Å². The lowest BCUT2D eigenvalue weighted by Gasteiger charge is -2.06. The zero-order valence-corrected chi connectivity index (χ0v) is 18.2. The highest BCUT2D eigenvalue weighted by Gasteiger charge is 2.15. The third kappa shape index (κ3) is 9.85. The molecule has 0 spiro atoms. The van der Waals surface area contributed by atoms with Gasteiger partial charge in [0, 0.05) is 24.3 Å². The van der Waals surface area contributed by atoms with Crippen molar-refractivity contribution in [3.05, 3.63) is 79.9 Å². The van der Waals surface area contributed by atoms with Gasteiger partial charge in [-0.05, 0) is 25.0 Å². The second-order valence-electron chi connectivity index (χ2n) is 5.95. The number of nitro benzene ring substituents is 2. The zero-order chi connectivity index (χ0) is 21.4. The van der Waals surface area contributed by atoms with E-state index in [-0.39, 0.29) is 41.7 Å². The van der Waals surface area contributed by atoms with Crippen molar-refractivity contribution in [1.82, 2.24) is 0 Å². The molecular weight excluding hydrogens is 455 g/mol. The van der Waals surface area contributed by atoms with E-state index in [1.165, 1.54) is 36.4 Å². The average Bonchev–Trinajstić information content (AvgIpc) is 2.67. The highest BCUT2D eigenvalue weighted by atomic mass is 35.5. The molecule has 0 saturated heterocycles. The van der Waals surface area contributed by atoms with Crippen LogP contribution in [0.1, 0.15) is 36.8 Å². The topological polar surface area (TPSA) is 204 Å². The quantitative estimate of drug-likeness (QED) is 0.470. The summed E-state index contributed by atoms with van der Waals surface area (Å²) < 4.78 is 0. The van der Waals surface area contributed by atoms with E-state index < -0.39 is 33.5 Å². The Morgan fingerprint density at radius 1 is 0.774 bits per heavy atom. The summed E-state index contributed by atoms with van der Waals surface area (Å²) in [5.74, 6) is -2.00. The molecule has 13 heteroatoms. The van der Waals surface area contributed by atoms with Gasteiger partial charge < -0.3 is 16.9 Å². The summed E-state index contributed by atoms with van der Waals surface area (Å²) in [6.45, 7) is 3.22. The molecule has 0 aliphatic rings. The third-order valence-electron chi connectivity index (χ3n) is 4.02. The predicted octanol–water partition coefficient (Wildman–Crippen LogP) is 2.39. The Kier molecular flexibility index (Phi) is 15.3. The molecule has 172 valence electrons. The van der Waals surface area contributed by atoms with E-state index >= 15 is 0 Å². The first-order valence-electron chi connectivity index (χ1n) is 8.12. The highest BCUT2D eigenvalue weighted by molar-refractivity contribution is 5.85. The maximum atomic E-state index is 10.8. The van der Waals surface area contributed by atoms with Crippen molar-refractivity contribution in [3.8, 4) is 0 Å². The smallest absolute Gasteiger partial charge is 0.269 e. The zero-order valence-electron chi connectivity index (χ0n) is 16.6. The molecule has 0 aliphatic carbocycles. The van der Waals surface area contributed by atoms with Gasteiger partial charge in [0.1, 0.15) is 0 Å². The fourth-order valence-corrected chi connectivity index (χ4v) is 2.14. The van der Waals surface area contributed by atoms with Crippen molar-refractivity contribution in [2.75, 3.05) is 0 Å². The fourth-order valence-electron chi connectivity index (χ4n) is 2.14. The number of hydrogen-bond acceptors (Lipinski definition) is 6. The van der Waals surface area contributed by atoms with Crippen molar-refractivity contribution >= 4 is 48.0 Å². The Bertz CT molecular complexity index is 838. The maximum Gasteiger partial charge on any atom is 0.269 e. The molecule has 0 bridgehead atoms. The lowest BCUT2D eigenvalue weighted by molar-refractivity contribution is -0.385. The first kappa shape index (κ1) is 32.4. The molecule has 11 nitrogen and oxygen atoms in total. The van der Waals surface area contributed by atoms with Crippen LogP contribution in [0.2, 0.25) is 0 Å². The highest BCUT2D eigenvalue weighted by Crippen LogP contribution is 2.21. The number of nitrogens with two attached hydrogens (primary N) is 2. The normalized spacial score (nSPS) is 10.9. The standard InChI is InChI=1S/2C9H10N2O3.2ClH.H2O/c2*1-6(9(10)12)7-3-2-4-8(5-7)11(13)14;;;/h2*2-6H,1H3,(H2,10,12);2*1H;1H2. The van der Waals surface area contributed by atoms with Crippen LogP contribution in [0.3, 0.4) is 0 Å². The number of hydrogen-bond donors (Lipinski definition) is 2. The lowest BCUT2D eigenvalue weighted by atomic mass is 10.0. The number of nitro groups is 2. The van der Waals surface area contributed by atoms with Gasteiger partial charge in [0.2, 0.25) is 11.8 Å². The lowest BCUT2D eigenvalue weighted by Crippen LogP contribution is -2.18. The second-order valence-corrected chi connectivity index (χ2v) is 5.95. The number of carbonyl (C=O) groups excluding carboxylic acids is 2. The van der Waals surface area contributed by atoms with E-state index in [2.05, 4.69) is 0 Å². The molecule has 2 unspecified atom stereocenters. The van der Waals surface area contributed by atoms with Crippen molar-refractivity contribution in [1.29, 1.82) is 0 Å². The van der Waals surface area contributed by atoms with Gasteiger partial charge >= 0.3 is 0 Å². The molecule has 0 aromatic heterocycles. The summed E-state index contributed by atoms with van der Waals surface area (Å²) in [6.07, 6.45) is 0. The molecule has 6 N–H and O–H groups in total. The Labute approximate surface area is 190 Å². The number of carbonyl (C=O) groups is 2. The van der Waals surface area contributed by atoms with Crippen molar-refractivity contribution < 1.29 is 24.9 Å². The molecule has 31 heavy (non-hydrogen) atoms. The van der Waals surface area contributed by atoms with Gasteiger partial charge in [-0.1, -0.05) is 24.3 Å². The number of primary amides is 2. The van der Waals surface area contributed by atoms with Crippen LogP contribution in [0, 0.1) is 20.2 Å². The molecule has 0 radical (unpaired) electrons. The van der Waals surface area contributed by atoms with Gasteiger partial charge in [-0.15, -0.1) is 24.8 Å². The Morgan fingerprint density at radius 2 is 1.06 bits per heavy atom. The molecule has 2 atom stereocenters. The van der Waals surface area contributed by atoms with E-state index in [0.29, 0.717) is 11.1 Å². The van der Waals surface area contributed by atoms with E-state index in [1.54, 1.807) is 26.0 Å². The van der Waals surface area contributed by atoms with Crippen LogP contribution in [0.15, 0.2) is 48.5 Å². The van der Waals surface area contributed by atoms with Gasteiger partial charge in [0.15, 0.2) is 0 Å². The van der Waals surface area contributed by atoms with Crippen LogP contribution in [0.25, 0.3) is 0 Å². The molecular formula is C18H24Cl2N4O7. The van der Waals surface area contributed by atoms with E-state index in [9.17, 15) is 29.8 Å². The van der Waals surface area contributed by atoms with Gasteiger partial charge in [0.25, 0.3) is 11.4 Å². The molecule has 0 aliphatic heterocycles. The molecule has 2 aromatic rings. The van der Waals surface area contributed by atoms with E-state index in [4.69, 9.17) is 11.5 Å². The van der Waals surface area contributed by atoms with Crippen molar-refractivity contribution in [2.24, 2.45) is 11.5 Å². The summed E-state index contributed by atoms with van der Waals surface area (Å²) in [5, 5.41) is 20.9. The molecule has 0 heterocycles. The summed E-state index contributed by atoms with van der Waals surface area (Å²) in [5.41, 5.74) is 11.2. The first-order valence-corrected chi connectivity index (χ1v) is 8.12. The molecule has 0 fully saturated rings. The van der Waals surface area contributed by atoms with Crippen LogP contribution < -0.4 is 11.5 Å². The molecule has 2 aromatic carbocycles. The monoisotopic (exact) mass is 478 g/mol. The minimum absolute atomic E-state index is 0. The van der Waals surface area contributed by atoms with Gasteiger partial charge in [0.05, 0.1) is 21.7 Å². The van der Waals surface area contributed by atoms with Crippen molar-refractivity contribution in [3.63, 3.8) is 0 Å². The van der Waals surface area contributed by atoms with Crippen molar-refractivity contribution in [2.45, 2.75) is 25.7 Å². The van der Waals surface area contributed by atoms with Gasteiger partial charge in [-0.3, -0.25) is 29.8 Å². The number of amides is 2. The van der Waals surface area contributed by atoms with Crippen LogP contribution in [0.5, 0.6) is 0 Å². The van der Waals surface area contributed by atoms with Crippen LogP contribution in [0.4, 0.5) is 11.4 Å². The Morgan fingerprint density at radius 3 is 1.29 bits per heavy atom. The molecule has 2 rings (SSSR count). The SMILES string of the molecule is CC(C(N)=O)c1cccc([N+](=O)[O-])c1.CC(C(N)=O)c1cccc([N+](=O)[O-])c1.Cl.Cl.O. The fraction of sp³-hybridized carbons (Fsp3) is 0.222. The van der Waals surface area contributed by atoms with Crippen LogP contribution in [-0.2, 0) is 9.59 Å². The number of non-ortho nitro benzene ring substituents is 2. The average molecular weight is 479 g/mol. The molecule has 0 saturated carbocycles. The summed E-state index contributed by atoms with van der Waals surface area (Å²) in [6, 6.07) is 11.8. The van der Waals surface area contributed by atoms with Gasteiger partial charge in [-0.2, -0.15) is 0 Å². The molecule has 2 amide bonds. The van der Waals surface area contributed by atoms with Crippen LogP contribution in [-0.4, -0.2) is 27.1 Å². The Hall–Kier alpha value is -3.28. The largest absolute Gasteiger partial charge is 0.412 e. The number of benzene rings is 2. The maximum absolute atomic E-state index is 10.8. The second kappa shape index (κ2) is 14.7. The van der Waals surface area contributed by atoms with E-state index in [0.717, 1.165) is 0 Å². The number of rotatable bonds is 6. The van der Waals surface area contributed by atoms with Crippen LogP contribution >= 0.6 is 24.8 Å². The first-order chi connectivity index (χ1) is 13.0. The predicted molar refractivity (Wildman–Crippen MR) is 120 cm³/mol.